The van der Waals surface area contributed by atoms with Crippen molar-refractivity contribution in [3.8, 4) is 11.5 Å². The van der Waals surface area contributed by atoms with Gasteiger partial charge in [0.15, 0.2) is 11.5 Å². The molecule has 28 heavy (non-hydrogen) atoms. The van der Waals surface area contributed by atoms with Gasteiger partial charge in [-0.2, -0.15) is 5.10 Å². The zero-order valence-corrected chi connectivity index (χ0v) is 16.0. The number of amides is 1. The van der Waals surface area contributed by atoms with Crippen molar-refractivity contribution in [2.24, 2.45) is 5.10 Å². The number of hydrazone groups is 1. The summed E-state index contributed by atoms with van der Waals surface area (Å²) in [5, 5.41) is 5.73. The number of aromatic nitrogens is 1. The SMILES string of the molecule is COc1cc(/C=N\NC(=O)c2ccc(C)nc2)ccc1OC(=O)c1cccs1. The molecular weight excluding hydrogens is 378 g/mol. The number of benzene rings is 1. The maximum Gasteiger partial charge on any atom is 0.353 e. The van der Waals surface area contributed by atoms with Crippen molar-refractivity contribution in [2.45, 2.75) is 6.92 Å². The molecule has 3 rings (SSSR count). The number of nitrogens with zero attached hydrogens (tertiary/aromatic N) is 2. The monoisotopic (exact) mass is 395 g/mol. The van der Waals surface area contributed by atoms with Crippen molar-refractivity contribution >= 4 is 29.4 Å². The average molecular weight is 395 g/mol. The molecular formula is C20H17N3O4S. The van der Waals surface area contributed by atoms with Gasteiger partial charge in [-0.25, -0.2) is 10.2 Å². The third-order valence-electron chi connectivity index (χ3n) is 3.67. The Bertz CT molecular complexity index is 999. The van der Waals surface area contributed by atoms with E-state index in [0.29, 0.717) is 27.5 Å². The molecule has 3 aromatic rings. The Labute approximate surface area is 165 Å². The standard InChI is InChI=1S/C20H17N3O4S/c1-13-5-7-15(12-21-13)19(24)23-22-11-14-6-8-16(17(10-14)26-2)27-20(25)18-4-3-9-28-18/h3-12H,1-2H3,(H,23,24)/b22-11-. The summed E-state index contributed by atoms with van der Waals surface area (Å²) in [5.41, 5.74) is 4.34. The van der Waals surface area contributed by atoms with Crippen LogP contribution in [0.15, 0.2) is 59.1 Å². The largest absolute Gasteiger partial charge is 0.493 e. The molecule has 1 aromatic carbocycles. The number of nitrogens with one attached hydrogen (secondary N) is 1. The molecule has 142 valence electrons. The summed E-state index contributed by atoms with van der Waals surface area (Å²) in [4.78, 5) is 28.7. The molecule has 1 N–H and O–H groups in total. The Morgan fingerprint density at radius 3 is 2.71 bits per heavy atom. The number of thiophene rings is 1. The van der Waals surface area contributed by atoms with Gasteiger partial charge < -0.3 is 9.47 Å². The lowest BCUT2D eigenvalue weighted by atomic mass is 10.2. The van der Waals surface area contributed by atoms with E-state index in [2.05, 4.69) is 15.5 Å². The lowest BCUT2D eigenvalue weighted by Crippen LogP contribution is -2.17. The van der Waals surface area contributed by atoms with Gasteiger partial charge in [0.05, 0.1) is 18.9 Å². The van der Waals surface area contributed by atoms with E-state index in [-0.39, 0.29) is 5.91 Å². The molecule has 0 saturated carbocycles. The van der Waals surface area contributed by atoms with Crippen LogP contribution in [0.3, 0.4) is 0 Å². The molecule has 0 aliphatic carbocycles. The molecule has 0 atom stereocenters. The summed E-state index contributed by atoms with van der Waals surface area (Å²) < 4.78 is 10.7. The highest BCUT2D eigenvalue weighted by Crippen LogP contribution is 2.28. The number of carbonyl (C=O) groups is 2. The molecule has 1 amide bonds. The number of hydrogen-bond acceptors (Lipinski definition) is 7. The van der Waals surface area contributed by atoms with Gasteiger partial charge in [0, 0.05) is 11.9 Å². The minimum absolute atomic E-state index is 0.299. The highest BCUT2D eigenvalue weighted by Gasteiger charge is 2.13. The van der Waals surface area contributed by atoms with Gasteiger partial charge in [-0.1, -0.05) is 6.07 Å². The van der Waals surface area contributed by atoms with E-state index in [9.17, 15) is 9.59 Å². The van der Waals surface area contributed by atoms with Crippen LogP contribution in [0.2, 0.25) is 0 Å². The average Bonchev–Trinajstić information content (AvgIpc) is 3.24. The molecule has 0 radical (unpaired) electrons. The van der Waals surface area contributed by atoms with Gasteiger partial charge in [0.1, 0.15) is 4.88 Å². The zero-order chi connectivity index (χ0) is 19.9. The number of ether oxygens (including phenoxy) is 2. The third-order valence-corrected chi connectivity index (χ3v) is 4.52. The van der Waals surface area contributed by atoms with Crippen molar-refractivity contribution < 1.29 is 19.1 Å². The van der Waals surface area contributed by atoms with Crippen LogP contribution < -0.4 is 14.9 Å². The van der Waals surface area contributed by atoms with Crippen LogP contribution in [0, 0.1) is 6.92 Å². The normalized spacial score (nSPS) is 10.6. The number of esters is 1. The molecule has 8 heteroatoms. The molecule has 0 spiro atoms. The summed E-state index contributed by atoms with van der Waals surface area (Å²) >= 11 is 1.30. The number of pyridine rings is 1. The first-order valence-electron chi connectivity index (χ1n) is 8.26. The van der Waals surface area contributed by atoms with Crippen molar-refractivity contribution in [2.75, 3.05) is 7.11 Å². The highest BCUT2D eigenvalue weighted by atomic mass is 32.1. The van der Waals surface area contributed by atoms with E-state index in [1.807, 2.05) is 6.92 Å². The van der Waals surface area contributed by atoms with Crippen LogP contribution in [0.4, 0.5) is 0 Å². The summed E-state index contributed by atoms with van der Waals surface area (Å²) in [5.74, 6) is -0.137. The van der Waals surface area contributed by atoms with Gasteiger partial charge in [-0.05, 0) is 54.3 Å². The van der Waals surface area contributed by atoms with Gasteiger partial charge in [0.2, 0.25) is 0 Å². The van der Waals surface area contributed by atoms with Crippen LogP contribution in [0.25, 0.3) is 0 Å². The minimum atomic E-state index is -0.450. The molecule has 0 aliphatic heterocycles. The molecule has 0 unspecified atom stereocenters. The van der Waals surface area contributed by atoms with Gasteiger partial charge in [0.25, 0.3) is 5.91 Å². The number of hydrogen-bond donors (Lipinski definition) is 1. The molecule has 0 saturated heterocycles. The molecule has 2 aromatic heterocycles. The van der Waals surface area contributed by atoms with Crippen LogP contribution in [-0.2, 0) is 0 Å². The van der Waals surface area contributed by atoms with E-state index in [4.69, 9.17) is 9.47 Å². The first-order valence-corrected chi connectivity index (χ1v) is 9.14. The van der Waals surface area contributed by atoms with Crippen molar-refractivity contribution in [1.29, 1.82) is 0 Å². The Morgan fingerprint density at radius 1 is 1.18 bits per heavy atom. The van der Waals surface area contributed by atoms with Crippen molar-refractivity contribution in [3.63, 3.8) is 0 Å². The lowest BCUT2D eigenvalue weighted by molar-refractivity contribution is 0.0734. The van der Waals surface area contributed by atoms with E-state index >= 15 is 0 Å². The lowest BCUT2D eigenvalue weighted by Gasteiger charge is -2.09. The van der Waals surface area contributed by atoms with Crippen molar-refractivity contribution in [1.82, 2.24) is 10.4 Å². The van der Waals surface area contributed by atoms with Crippen LogP contribution in [0.5, 0.6) is 11.5 Å². The van der Waals surface area contributed by atoms with E-state index in [1.165, 1.54) is 30.9 Å². The number of rotatable bonds is 6. The molecule has 0 bridgehead atoms. The van der Waals surface area contributed by atoms with E-state index < -0.39 is 5.97 Å². The minimum Gasteiger partial charge on any atom is -0.493 e. The Kier molecular flexibility index (Phi) is 6.13. The summed E-state index contributed by atoms with van der Waals surface area (Å²) in [6.45, 7) is 1.84. The quantitative estimate of drug-likeness (QED) is 0.299. The Morgan fingerprint density at radius 2 is 2.04 bits per heavy atom. The smallest absolute Gasteiger partial charge is 0.353 e. The summed E-state index contributed by atoms with van der Waals surface area (Å²) in [7, 11) is 1.48. The molecule has 0 fully saturated rings. The van der Waals surface area contributed by atoms with Gasteiger partial charge in [-0.15, -0.1) is 11.3 Å². The van der Waals surface area contributed by atoms with Crippen LogP contribution >= 0.6 is 11.3 Å². The predicted molar refractivity (Wildman–Crippen MR) is 106 cm³/mol. The molecule has 0 aliphatic rings. The number of carbonyl (C=O) groups excluding carboxylic acids is 2. The zero-order valence-electron chi connectivity index (χ0n) is 15.2. The number of aryl methyl sites for hydroxylation is 1. The summed E-state index contributed by atoms with van der Waals surface area (Å²) in [6.07, 6.45) is 2.95. The van der Waals surface area contributed by atoms with Crippen LogP contribution in [-0.4, -0.2) is 30.2 Å². The Hall–Kier alpha value is -3.52. The fourth-order valence-corrected chi connectivity index (χ4v) is 2.82. The molecule has 7 nitrogen and oxygen atoms in total. The first-order chi connectivity index (χ1) is 13.6. The third kappa shape index (κ3) is 4.80. The maximum absolute atomic E-state index is 12.1. The van der Waals surface area contributed by atoms with Crippen LogP contribution in [0.1, 0.15) is 31.3 Å². The predicted octanol–water partition coefficient (Wildman–Crippen LogP) is 3.44. The second-order valence-corrected chi connectivity index (χ2v) is 6.61. The first kappa shape index (κ1) is 19.2. The fourth-order valence-electron chi connectivity index (χ4n) is 2.23. The topological polar surface area (TPSA) is 89.9 Å². The Balaban J connectivity index is 1.66. The fraction of sp³-hybridized carbons (Fsp3) is 0.100. The van der Waals surface area contributed by atoms with E-state index in [1.54, 1.807) is 47.8 Å². The highest BCUT2D eigenvalue weighted by molar-refractivity contribution is 7.12. The number of methoxy groups -OCH3 is 1. The second kappa shape index (κ2) is 8.92. The van der Waals surface area contributed by atoms with Gasteiger partial charge >= 0.3 is 5.97 Å². The maximum atomic E-state index is 12.1. The van der Waals surface area contributed by atoms with Crippen molar-refractivity contribution in [3.05, 3.63) is 75.7 Å². The van der Waals surface area contributed by atoms with E-state index in [0.717, 1.165) is 5.69 Å². The van der Waals surface area contributed by atoms with Gasteiger partial charge in [-0.3, -0.25) is 9.78 Å². The summed E-state index contributed by atoms with van der Waals surface area (Å²) in [6, 6.07) is 11.8. The second-order valence-electron chi connectivity index (χ2n) is 5.66. The molecule has 2 heterocycles.